The van der Waals surface area contributed by atoms with Gasteiger partial charge in [-0.25, -0.2) is 0 Å². The Morgan fingerprint density at radius 2 is 1.88 bits per heavy atom. The van der Waals surface area contributed by atoms with Crippen LogP contribution in [0.15, 0.2) is 30.3 Å². The average Bonchev–Trinajstić information content (AvgIpc) is 2.26. The molecule has 0 saturated carbocycles. The lowest BCUT2D eigenvalue weighted by Crippen LogP contribution is -2.09. The molecule has 2 heteroatoms. The molecule has 0 spiro atoms. The summed E-state index contributed by atoms with van der Waals surface area (Å²) in [7, 11) is 0. The number of rotatable bonds is 7. The van der Waals surface area contributed by atoms with Crippen molar-refractivity contribution in [3.63, 3.8) is 0 Å². The van der Waals surface area contributed by atoms with Gasteiger partial charge in [-0.05, 0) is 24.3 Å². The zero-order chi connectivity index (χ0) is 12.7. The largest absolute Gasteiger partial charge is 0.299 e. The molecular formula is C15H20OS. The molecule has 0 amide bonds. The number of thiocarbonyl (C=S) groups is 1. The second-order valence-electron chi connectivity index (χ2n) is 4.84. The maximum absolute atomic E-state index is 11.7. The van der Waals surface area contributed by atoms with Crippen molar-refractivity contribution in [2.75, 3.05) is 0 Å². The SMILES string of the molecule is CC(C)CC(=S)CC(=O)CCc1ccccc1. The van der Waals surface area contributed by atoms with E-state index in [4.69, 9.17) is 12.2 Å². The molecule has 1 aromatic rings. The molecule has 0 aromatic heterocycles. The fourth-order valence-electron chi connectivity index (χ4n) is 1.76. The Morgan fingerprint density at radius 3 is 2.47 bits per heavy atom. The Bertz CT molecular complexity index is 368. The van der Waals surface area contributed by atoms with Crippen LogP contribution in [-0.4, -0.2) is 10.6 Å². The van der Waals surface area contributed by atoms with Gasteiger partial charge in [0, 0.05) is 17.7 Å². The highest BCUT2D eigenvalue weighted by Gasteiger charge is 2.08. The summed E-state index contributed by atoms with van der Waals surface area (Å²) >= 11 is 5.22. The highest BCUT2D eigenvalue weighted by Crippen LogP contribution is 2.08. The molecule has 0 N–H and O–H groups in total. The molecule has 0 aliphatic rings. The minimum atomic E-state index is 0.263. The lowest BCUT2D eigenvalue weighted by Gasteiger charge is -2.06. The highest BCUT2D eigenvalue weighted by atomic mass is 32.1. The summed E-state index contributed by atoms with van der Waals surface area (Å²) in [4.78, 5) is 12.6. The van der Waals surface area contributed by atoms with Crippen molar-refractivity contribution in [2.45, 2.75) is 39.5 Å². The first-order valence-corrected chi connectivity index (χ1v) is 6.56. The molecule has 1 rings (SSSR count). The summed E-state index contributed by atoms with van der Waals surface area (Å²) in [5.74, 6) is 0.809. The van der Waals surface area contributed by atoms with E-state index >= 15 is 0 Å². The van der Waals surface area contributed by atoms with E-state index in [-0.39, 0.29) is 5.78 Å². The number of carbonyl (C=O) groups excluding carboxylic acids is 1. The molecule has 0 aliphatic heterocycles. The van der Waals surface area contributed by atoms with Crippen LogP contribution in [0.5, 0.6) is 0 Å². The second kappa shape index (κ2) is 7.33. The van der Waals surface area contributed by atoms with Gasteiger partial charge in [-0.1, -0.05) is 56.4 Å². The lowest BCUT2D eigenvalue weighted by atomic mass is 10.0. The van der Waals surface area contributed by atoms with Gasteiger partial charge in [0.25, 0.3) is 0 Å². The van der Waals surface area contributed by atoms with Crippen molar-refractivity contribution in [3.8, 4) is 0 Å². The van der Waals surface area contributed by atoms with Crippen LogP contribution in [0.4, 0.5) is 0 Å². The predicted octanol–water partition coefficient (Wildman–Crippen LogP) is 3.99. The Morgan fingerprint density at radius 1 is 1.24 bits per heavy atom. The third kappa shape index (κ3) is 6.32. The molecule has 0 fully saturated rings. The maximum atomic E-state index is 11.7. The zero-order valence-corrected chi connectivity index (χ0v) is 11.4. The molecule has 0 bridgehead atoms. The Balaban J connectivity index is 2.28. The highest BCUT2D eigenvalue weighted by molar-refractivity contribution is 7.80. The van der Waals surface area contributed by atoms with Crippen LogP contribution >= 0.6 is 12.2 Å². The van der Waals surface area contributed by atoms with E-state index in [1.54, 1.807) is 0 Å². The van der Waals surface area contributed by atoms with Crippen LogP contribution in [0.2, 0.25) is 0 Å². The molecule has 0 heterocycles. The monoisotopic (exact) mass is 248 g/mol. The molecule has 0 saturated heterocycles. The van der Waals surface area contributed by atoms with Crippen LogP contribution in [0.25, 0.3) is 0 Å². The zero-order valence-electron chi connectivity index (χ0n) is 10.6. The summed E-state index contributed by atoms with van der Waals surface area (Å²) in [5, 5.41) is 0. The minimum absolute atomic E-state index is 0.263. The fourth-order valence-corrected chi connectivity index (χ4v) is 2.26. The number of benzene rings is 1. The van der Waals surface area contributed by atoms with Crippen molar-refractivity contribution in [3.05, 3.63) is 35.9 Å². The summed E-state index contributed by atoms with van der Waals surface area (Å²) in [5.41, 5.74) is 1.22. The van der Waals surface area contributed by atoms with Gasteiger partial charge in [0.05, 0.1) is 0 Å². The van der Waals surface area contributed by atoms with Gasteiger partial charge in [0.2, 0.25) is 0 Å². The molecule has 0 unspecified atom stereocenters. The van der Waals surface area contributed by atoms with Crippen LogP contribution in [0.3, 0.4) is 0 Å². The fraction of sp³-hybridized carbons (Fsp3) is 0.467. The van der Waals surface area contributed by atoms with Crippen LogP contribution in [0.1, 0.15) is 38.7 Å². The van der Waals surface area contributed by atoms with Crippen molar-refractivity contribution in [2.24, 2.45) is 5.92 Å². The van der Waals surface area contributed by atoms with Gasteiger partial charge < -0.3 is 0 Å². The Hall–Kier alpha value is -1.02. The molecule has 17 heavy (non-hydrogen) atoms. The van der Waals surface area contributed by atoms with Gasteiger partial charge in [0.15, 0.2) is 0 Å². The number of Topliss-reactive ketones (excluding diaryl/α,β-unsaturated/α-hetero) is 1. The van der Waals surface area contributed by atoms with E-state index in [1.807, 2.05) is 18.2 Å². The van der Waals surface area contributed by atoms with Gasteiger partial charge in [-0.2, -0.15) is 0 Å². The van der Waals surface area contributed by atoms with Crippen molar-refractivity contribution in [1.82, 2.24) is 0 Å². The Kier molecular flexibility index (Phi) is 6.06. The molecule has 1 nitrogen and oxygen atoms in total. The van der Waals surface area contributed by atoms with Gasteiger partial charge in [-0.15, -0.1) is 0 Å². The number of hydrogen-bond donors (Lipinski definition) is 0. The normalized spacial score (nSPS) is 10.5. The molecule has 92 valence electrons. The van der Waals surface area contributed by atoms with Crippen LogP contribution in [-0.2, 0) is 11.2 Å². The number of hydrogen-bond acceptors (Lipinski definition) is 2. The quantitative estimate of drug-likeness (QED) is 0.679. The number of carbonyl (C=O) groups is 1. The molecular weight excluding hydrogens is 228 g/mol. The summed E-state index contributed by atoms with van der Waals surface area (Å²) < 4.78 is 0. The van der Waals surface area contributed by atoms with Crippen molar-refractivity contribution >= 4 is 22.9 Å². The summed E-state index contributed by atoms with van der Waals surface area (Å²) in [6, 6.07) is 10.1. The first-order valence-electron chi connectivity index (χ1n) is 6.15. The second-order valence-corrected chi connectivity index (χ2v) is 5.42. The maximum Gasteiger partial charge on any atom is 0.138 e. The third-order valence-corrected chi connectivity index (χ3v) is 2.88. The topological polar surface area (TPSA) is 17.1 Å². The first-order chi connectivity index (χ1) is 8.08. The van der Waals surface area contributed by atoms with Crippen LogP contribution < -0.4 is 0 Å². The smallest absolute Gasteiger partial charge is 0.138 e. The molecule has 0 atom stereocenters. The average molecular weight is 248 g/mol. The lowest BCUT2D eigenvalue weighted by molar-refractivity contribution is -0.117. The standard InChI is InChI=1S/C15H20OS/c1-12(2)10-15(17)11-14(16)9-8-13-6-4-3-5-7-13/h3-7,12H,8-11H2,1-2H3. The van der Waals surface area contributed by atoms with Crippen molar-refractivity contribution in [1.29, 1.82) is 0 Å². The third-order valence-electron chi connectivity index (χ3n) is 2.57. The number of aryl methyl sites for hydroxylation is 1. The summed E-state index contributed by atoms with van der Waals surface area (Å²) in [6.07, 6.45) is 2.78. The van der Waals surface area contributed by atoms with E-state index < -0.39 is 0 Å². The van der Waals surface area contributed by atoms with E-state index in [2.05, 4.69) is 26.0 Å². The number of ketones is 1. The van der Waals surface area contributed by atoms with Crippen molar-refractivity contribution < 1.29 is 4.79 Å². The van der Waals surface area contributed by atoms with Gasteiger partial charge >= 0.3 is 0 Å². The Labute approximate surface area is 109 Å². The van der Waals surface area contributed by atoms with E-state index in [9.17, 15) is 4.79 Å². The van der Waals surface area contributed by atoms with Gasteiger partial charge in [0.1, 0.15) is 5.78 Å². The summed E-state index contributed by atoms with van der Waals surface area (Å²) in [6.45, 7) is 4.25. The molecule has 1 aromatic carbocycles. The first kappa shape index (κ1) is 14.0. The van der Waals surface area contributed by atoms with E-state index in [1.165, 1.54) is 5.56 Å². The predicted molar refractivity (Wildman–Crippen MR) is 76.4 cm³/mol. The van der Waals surface area contributed by atoms with Gasteiger partial charge in [-0.3, -0.25) is 4.79 Å². The minimum Gasteiger partial charge on any atom is -0.299 e. The molecule has 0 radical (unpaired) electrons. The van der Waals surface area contributed by atoms with E-state index in [0.717, 1.165) is 17.7 Å². The van der Waals surface area contributed by atoms with E-state index in [0.29, 0.717) is 18.8 Å². The molecule has 0 aliphatic carbocycles. The van der Waals surface area contributed by atoms with Crippen LogP contribution in [0, 0.1) is 5.92 Å².